The van der Waals surface area contributed by atoms with E-state index in [1.807, 2.05) is 6.92 Å². The average Bonchev–Trinajstić information content (AvgIpc) is 1.89. The van der Waals surface area contributed by atoms with E-state index in [9.17, 15) is 4.79 Å². The average molecular weight is 183 g/mol. The van der Waals surface area contributed by atoms with Crippen LogP contribution in [0.2, 0.25) is 0 Å². The maximum atomic E-state index is 10.4. The Morgan fingerprint density at radius 3 is 2.27 bits per heavy atom. The van der Waals surface area contributed by atoms with Crippen molar-refractivity contribution in [2.45, 2.75) is 39.5 Å². The molecule has 0 rings (SSSR count). The number of unbranched alkanes of at least 4 members (excludes halogenated alkanes) is 1. The quantitative estimate of drug-likeness (QED) is 0.661. The summed E-state index contributed by atoms with van der Waals surface area (Å²) in [5.74, 6) is -0.754. The van der Waals surface area contributed by atoms with Crippen LogP contribution in [0, 0.1) is 5.92 Å². The largest absolute Gasteiger partial charge is 0.481 e. The fourth-order valence-corrected chi connectivity index (χ4v) is 0.953. The van der Waals surface area contributed by atoms with Crippen molar-refractivity contribution in [1.29, 1.82) is 0 Å². The predicted molar refractivity (Wildman–Crippen MR) is 46.7 cm³/mol. The first-order chi connectivity index (χ1) is 4.72. The summed E-state index contributed by atoms with van der Waals surface area (Å²) in [5.41, 5.74) is 0. The fraction of sp³-hybridized carbons (Fsp3) is 0.875. The van der Waals surface area contributed by atoms with Crippen LogP contribution in [-0.2, 0) is 4.79 Å². The number of carboxylic acids is 1. The number of hydrogen-bond acceptors (Lipinski definition) is 1. The summed E-state index contributed by atoms with van der Waals surface area (Å²) in [4.78, 5) is 10.4. The Morgan fingerprint density at radius 1 is 1.45 bits per heavy atom. The van der Waals surface area contributed by atoms with Crippen LogP contribution >= 0.6 is 0 Å². The van der Waals surface area contributed by atoms with Crippen LogP contribution in [0.15, 0.2) is 0 Å². The van der Waals surface area contributed by atoms with Gasteiger partial charge in [-0.25, -0.2) is 0 Å². The van der Waals surface area contributed by atoms with Crippen molar-refractivity contribution in [2.24, 2.45) is 5.92 Å². The molecule has 0 saturated heterocycles. The third-order valence-electron chi connectivity index (χ3n) is 1.75. The molecule has 0 aliphatic rings. The third kappa shape index (κ3) is 7.47. The van der Waals surface area contributed by atoms with E-state index in [4.69, 9.17) is 5.11 Å². The van der Waals surface area contributed by atoms with E-state index in [1.54, 1.807) is 0 Å². The maximum Gasteiger partial charge on any atom is 0.306 e. The van der Waals surface area contributed by atoms with Gasteiger partial charge in [0.2, 0.25) is 0 Å². The summed E-state index contributed by atoms with van der Waals surface area (Å²) >= 11 is 0. The van der Waals surface area contributed by atoms with Crippen molar-refractivity contribution >= 4 is 57.4 Å². The van der Waals surface area contributed by atoms with E-state index in [2.05, 4.69) is 6.92 Å². The Kier molecular flexibility index (Phi) is 12.2. The van der Waals surface area contributed by atoms with Crippen molar-refractivity contribution in [1.82, 2.24) is 0 Å². The zero-order chi connectivity index (χ0) is 7.98. The van der Waals surface area contributed by atoms with Crippen molar-refractivity contribution in [3.8, 4) is 0 Å². The molecular weight excluding hydrogens is 167 g/mol. The van der Waals surface area contributed by atoms with Crippen LogP contribution in [0.5, 0.6) is 0 Å². The van der Waals surface area contributed by atoms with Gasteiger partial charge < -0.3 is 5.11 Å². The molecule has 2 nitrogen and oxygen atoms in total. The van der Waals surface area contributed by atoms with E-state index < -0.39 is 5.97 Å². The molecule has 1 unspecified atom stereocenters. The molecule has 0 saturated carbocycles. The second kappa shape index (κ2) is 9.20. The van der Waals surface area contributed by atoms with Gasteiger partial charge >= 0.3 is 5.97 Å². The zero-order valence-corrected chi connectivity index (χ0v) is 10.9. The molecule has 0 aliphatic carbocycles. The molecule has 0 aromatic heterocycles. The van der Waals surface area contributed by atoms with E-state index >= 15 is 0 Å². The molecule has 0 fully saturated rings. The van der Waals surface area contributed by atoms with Gasteiger partial charge in [0, 0.05) is 51.4 Å². The number of carbonyl (C=O) groups is 1. The second-order valence-electron chi connectivity index (χ2n) is 2.59. The fourth-order valence-electron chi connectivity index (χ4n) is 0.953. The molecular formula is C8H16KO2. The van der Waals surface area contributed by atoms with Crippen LogP contribution in [0.1, 0.15) is 39.5 Å². The van der Waals surface area contributed by atoms with Crippen LogP contribution in [0.3, 0.4) is 0 Å². The van der Waals surface area contributed by atoms with Crippen molar-refractivity contribution in [3.63, 3.8) is 0 Å². The van der Waals surface area contributed by atoms with Crippen molar-refractivity contribution < 1.29 is 9.90 Å². The maximum absolute atomic E-state index is 10.4. The Balaban J connectivity index is 0. The Bertz CT molecular complexity index is 104. The topological polar surface area (TPSA) is 37.3 Å². The first kappa shape index (κ1) is 14.6. The first-order valence-corrected chi connectivity index (χ1v) is 3.95. The smallest absolute Gasteiger partial charge is 0.306 e. The molecule has 1 atom stereocenters. The summed E-state index contributed by atoms with van der Waals surface area (Å²) < 4.78 is 0. The SMILES string of the molecule is CCCCC(CC)C(=O)O.[K]. The molecule has 0 aliphatic heterocycles. The second-order valence-corrected chi connectivity index (χ2v) is 2.59. The van der Waals surface area contributed by atoms with Gasteiger partial charge in [-0.2, -0.15) is 0 Å². The number of carboxylic acid groups (broad SMARTS) is 1. The third-order valence-corrected chi connectivity index (χ3v) is 1.75. The summed E-state index contributed by atoms with van der Waals surface area (Å²) in [6, 6.07) is 0. The van der Waals surface area contributed by atoms with Gasteiger partial charge in [0.15, 0.2) is 0 Å². The van der Waals surface area contributed by atoms with Gasteiger partial charge in [-0.1, -0.05) is 26.7 Å². The van der Waals surface area contributed by atoms with Gasteiger partial charge in [-0.3, -0.25) is 4.79 Å². The van der Waals surface area contributed by atoms with E-state index in [0.29, 0.717) is 0 Å². The number of hydrogen-bond donors (Lipinski definition) is 1. The van der Waals surface area contributed by atoms with E-state index in [-0.39, 0.29) is 57.3 Å². The molecule has 11 heavy (non-hydrogen) atoms. The minimum absolute atomic E-state index is 0. The van der Waals surface area contributed by atoms with Gasteiger partial charge in [0.05, 0.1) is 5.92 Å². The standard InChI is InChI=1S/C8H16O2.K/c1-3-5-6-7(4-2)8(9)10;/h7H,3-6H2,1-2H3,(H,9,10);. The molecule has 3 heteroatoms. The monoisotopic (exact) mass is 183 g/mol. The first-order valence-electron chi connectivity index (χ1n) is 3.95. The van der Waals surface area contributed by atoms with Crippen LogP contribution in [-0.4, -0.2) is 62.5 Å². The summed E-state index contributed by atoms with van der Waals surface area (Å²) in [7, 11) is 0. The van der Waals surface area contributed by atoms with Crippen molar-refractivity contribution in [3.05, 3.63) is 0 Å². The normalized spacial score (nSPS) is 11.8. The molecule has 0 spiro atoms. The molecule has 0 bridgehead atoms. The molecule has 0 aromatic rings. The predicted octanol–water partition coefficient (Wildman–Crippen LogP) is 1.91. The van der Waals surface area contributed by atoms with Crippen LogP contribution < -0.4 is 0 Å². The van der Waals surface area contributed by atoms with E-state index in [0.717, 1.165) is 25.7 Å². The van der Waals surface area contributed by atoms with Gasteiger partial charge in [0.1, 0.15) is 0 Å². The van der Waals surface area contributed by atoms with Crippen molar-refractivity contribution in [2.75, 3.05) is 0 Å². The van der Waals surface area contributed by atoms with E-state index in [1.165, 1.54) is 0 Å². The minimum Gasteiger partial charge on any atom is -0.481 e. The molecule has 1 N–H and O–H groups in total. The number of aliphatic carboxylic acids is 1. The Hall–Kier alpha value is 1.11. The van der Waals surface area contributed by atoms with Gasteiger partial charge in [0.25, 0.3) is 0 Å². The summed E-state index contributed by atoms with van der Waals surface area (Å²) in [6.07, 6.45) is 3.71. The summed E-state index contributed by atoms with van der Waals surface area (Å²) in [6.45, 7) is 4.00. The molecule has 0 heterocycles. The zero-order valence-electron chi connectivity index (χ0n) is 7.76. The van der Waals surface area contributed by atoms with Crippen LogP contribution in [0.4, 0.5) is 0 Å². The minimum atomic E-state index is -0.643. The van der Waals surface area contributed by atoms with Gasteiger partial charge in [-0.15, -0.1) is 0 Å². The molecule has 0 aromatic carbocycles. The molecule has 61 valence electrons. The Labute approximate surface area is 111 Å². The Morgan fingerprint density at radius 2 is 2.00 bits per heavy atom. The molecule has 0 amide bonds. The number of rotatable bonds is 5. The molecule has 1 radical (unpaired) electrons. The van der Waals surface area contributed by atoms with Crippen LogP contribution in [0.25, 0.3) is 0 Å². The van der Waals surface area contributed by atoms with Gasteiger partial charge in [-0.05, 0) is 12.8 Å². The summed E-state index contributed by atoms with van der Waals surface area (Å²) in [5, 5.41) is 8.60.